The Balaban J connectivity index is 2.01. The van der Waals surface area contributed by atoms with Gasteiger partial charge >= 0.3 is 0 Å². The number of nitrogens with one attached hydrogen (secondary N) is 3. The molecule has 0 unspecified atom stereocenters. The lowest BCUT2D eigenvalue weighted by molar-refractivity contribution is 0.0977. The van der Waals surface area contributed by atoms with Gasteiger partial charge in [0.1, 0.15) is 5.75 Å². The molecule has 0 spiro atoms. The zero-order valence-electron chi connectivity index (χ0n) is 17.6. The van der Waals surface area contributed by atoms with Gasteiger partial charge in [0.25, 0.3) is 5.91 Å². The van der Waals surface area contributed by atoms with E-state index in [9.17, 15) is 13.2 Å². The molecule has 2 aromatic carbocycles. The summed E-state index contributed by atoms with van der Waals surface area (Å²) in [5.74, 6) is 0.215. The molecular weight excluding hydrogens is 422 g/mol. The van der Waals surface area contributed by atoms with Gasteiger partial charge in [0.05, 0.1) is 11.0 Å². The van der Waals surface area contributed by atoms with E-state index in [0.29, 0.717) is 17.0 Å². The van der Waals surface area contributed by atoms with E-state index in [4.69, 9.17) is 17.0 Å². The number of benzene rings is 2. The summed E-state index contributed by atoms with van der Waals surface area (Å²) in [6.45, 7) is 9.12. The number of carbonyl (C=O) groups is 1. The standard InChI is InChI=1S/C21H27N3O4S2/c1-14(2)28-17-8-6-7-15(13-17)19(25)23-20(29)22-16-9-11-18(12-10-16)30(26,27)24-21(3,4)5/h6-14,24H,1-5H3,(H2,22,23,25,29). The molecule has 0 radical (unpaired) electrons. The molecule has 2 aromatic rings. The highest BCUT2D eigenvalue weighted by molar-refractivity contribution is 7.89. The van der Waals surface area contributed by atoms with Crippen molar-refractivity contribution in [2.75, 3.05) is 5.32 Å². The minimum atomic E-state index is -3.62. The molecule has 0 saturated carbocycles. The van der Waals surface area contributed by atoms with E-state index in [-0.39, 0.29) is 22.0 Å². The molecule has 0 heterocycles. The quantitative estimate of drug-likeness (QED) is 0.582. The molecule has 0 aromatic heterocycles. The molecule has 0 aliphatic carbocycles. The third-order valence-corrected chi connectivity index (χ3v) is 5.54. The van der Waals surface area contributed by atoms with Gasteiger partial charge in [-0.05, 0) is 89.3 Å². The average molecular weight is 450 g/mol. The number of rotatable bonds is 6. The van der Waals surface area contributed by atoms with E-state index in [2.05, 4.69) is 15.4 Å². The van der Waals surface area contributed by atoms with Gasteiger partial charge in [-0.2, -0.15) is 0 Å². The van der Waals surface area contributed by atoms with Crippen molar-refractivity contribution in [1.82, 2.24) is 10.0 Å². The summed E-state index contributed by atoms with van der Waals surface area (Å²) in [6.07, 6.45) is -0.00330. The minimum absolute atomic E-state index is 0.00330. The Hall–Kier alpha value is -2.49. The number of hydrogen-bond acceptors (Lipinski definition) is 5. The summed E-state index contributed by atoms with van der Waals surface area (Å²) in [5, 5.41) is 5.56. The normalized spacial score (nSPS) is 11.8. The van der Waals surface area contributed by atoms with Gasteiger partial charge in [-0.25, -0.2) is 13.1 Å². The lowest BCUT2D eigenvalue weighted by Crippen LogP contribution is -2.40. The third-order valence-electron chi connectivity index (χ3n) is 3.56. The van der Waals surface area contributed by atoms with Crippen LogP contribution < -0.4 is 20.1 Å². The predicted molar refractivity (Wildman–Crippen MR) is 122 cm³/mol. The van der Waals surface area contributed by atoms with E-state index in [1.807, 2.05) is 13.8 Å². The van der Waals surface area contributed by atoms with Crippen molar-refractivity contribution in [2.24, 2.45) is 0 Å². The molecule has 0 saturated heterocycles. The molecule has 9 heteroatoms. The Bertz CT molecular complexity index is 1010. The van der Waals surface area contributed by atoms with E-state index < -0.39 is 15.6 Å². The fourth-order valence-corrected chi connectivity index (χ4v) is 4.13. The Morgan fingerprint density at radius 3 is 2.27 bits per heavy atom. The van der Waals surface area contributed by atoms with Gasteiger partial charge in [-0.1, -0.05) is 6.07 Å². The highest BCUT2D eigenvalue weighted by atomic mass is 32.2. The van der Waals surface area contributed by atoms with Crippen molar-refractivity contribution in [1.29, 1.82) is 0 Å². The summed E-state index contributed by atoms with van der Waals surface area (Å²) < 4.78 is 32.9. The molecule has 7 nitrogen and oxygen atoms in total. The van der Waals surface area contributed by atoms with Crippen LogP contribution >= 0.6 is 12.2 Å². The second kappa shape index (κ2) is 9.55. The molecule has 30 heavy (non-hydrogen) atoms. The summed E-state index contributed by atoms with van der Waals surface area (Å²) in [7, 11) is -3.62. The molecule has 3 N–H and O–H groups in total. The number of sulfonamides is 1. The second-order valence-electron chi connectivity index (χ2n) is 7.98. The topological polar surface area (TPSA) is 96.5 Å². The van der Waals surface area contributed by atoms with Crippen LogP contribution in [0.3, 0.4) is 0 Å². The monoisotopic (exact) mass is 449 g/mol. The van der Waals surface area contributed by atoms with Gasteiger partial charge < -0.3 is 10.1 Å². The fraction of sp³-hybridized carbons (Fsp3) is 0.333. The minimum Gasteiger partial charge on any atom is -0.491 e. The zero-order chi connectivity index (χ0) is 22.5. The SMILES string of the molecule is CC(C)Oc1cccc(C(=O)NC(=S)Nc2ccc(S(=O)(=O)NC(C)(C)C)cc2)c1. The Morgan fingerprint density at radius 2 is 1.70 bits per heavy atom. The third kappa shape index (κ3) is 7.40. The molecule has 0 atom stereocenters. The Morgan fingerprint density at radius 1 is 1.07 bits per heavy atom. The lowest BCUT2D eigenvalue weighted by atomic mass is 10.1. The van der Waals surface area contributed by atoms with Crippen molar-refractivity contribution in [3.05, 3.63) is 54.1 Å². The number of amides is 1. The van der Waals surface area contributed by atoms with Crippen LogP contribution in [-0.2, 0) is 10.0 Å². The summed E-state index contributed by atoms with van der Waals surface area (Å²) >= 11 is 5.19. The van der Waals surface area contributed by atoms with Crippen molar-refractivity contribution >= 4 is 38.9 Å². The maximum Gasteiger partial charge on any atom is 0.257 e. The number of carbonyl (C=O) groups excluding carboxylic acids is 1. The predicted octanol–water partition coefficient (Wildman–Crippen LogP) is 3.68. The summed E-state index contributed by atoms with van der Waals surface area (Å²) in [6, 6.07) is 12.9. The van der Waals surface area contributed by atoms with E-state index >= 15 is 0 Å². The number of thiocarbonyl (C=S) groups is 1. The first-order chi connectivity index (χ1) is 13.9. The molecule has 1 amide bonds. The largest absolute Gasteiger partial charge is 0.491 e. The van der Waals surface area contributed by atoms with Crippen LogP contribution in [0.25, 0.3) is 0 Å². The van der Waals surface area contributed by atoms with Crippen LogP contribution in [0.15, 0.2) is 53.4 Å². The number of anilines is 1. The molecule has 0 aliphatic rings. The van der Waals surface area contributed by atoms with Crippen LogP contribution in [0.5, 0.6) is 5.75 Å². The molecule has 0 bridgehead atoms. The van der Waals surface area contributed by atoms with Gasteiger partial charge in [-0.3, -0.25) is 10.1 Å². The smallest absolute Gasteiger partial charge is 0.257 e. The van der Waals surface area contributed by atoms with Gasteiger partial charge in [0.15, 0.2) is 5.11 Å². The van der Waals surface area contributed by atoms with Gasteiger partial charge in [0, 0.05) is 16.8 Å². The van der Waals surface area contributed by atoms with Crippen LogP contribution in [0, 0.1) is 0 Å². The second-order valence-corrected chi connectivity index (χ2v) is 10.1. The maximum absolute atomic E-state index is 12.4. The van der Waals surface area contributed by atoms with E-state index in [0.717, 1.165) is 0 Å². The molecular formula is C21H27N3O4S2. The molecule has 2 rings (SSSR count). The Kier molecular flexibility index (Phi) is 7.57. The molecule has 162 valence electrons. The zero-order valence-corrected chi connectivity index (χ0v) is 19.3. The summed E-state index contributed by atoms with van der Waals surface area (Å²) in [4.78, 5) is 12.6. The average Bonchev–Trinajstić information content (AvgIpc) is 2.59. The highest BCUT2D eigenvalue weighted by Crippen LogP contribution is 2.17. The molecule has 0 aliphatic heterocycles. The highest BCUT2D eigenvalue weighted by Gasteiger charge is 2.21. The maximum atomic E-state index is 12.4. The van der Waals surface area contributed by atoms with Crippen LogP contribution in [0.1, 0.15) is 45.0 Å². The van der Waals surface area contributed by atoms with Gasteiger partial charge in [-0.15, -0.1) is 0 Å². The van der Waals surface area contributed by atoms with E-state index in [1.54, 1.807) is 57.2 Å². The van der Waals surface area contributed by atoms with Crippen LogP contribution in [0.2, 0.25) is 0 Å². The number of hydrogen-bond donors (Lipinski definition) is 3. The Labute approximate surface area is 183 Å². The molecule has 0 fully saturated rings. The number of ether oxygens (including phenoxy) is 1. The van der Waals surface area contributed by atoms with Crippen molar-refractivity contribution < 1.29 is 17.9 Å². The van der Waals surface area contributed by atoms with Crippen molar-refractivity contribution in [3.63, 3.8) is 0 Å². The van der Waals surface area contributed by atoms with E-state index in [1.165, 1.54) is 12.1 Å². The summed E-state index contributed by atoms with van der Waals surface area (Å²) in [5.41, 5.74) is 0.373. The first-order valence-electron chi connectivity index (χ1n) is 9.39. The fourth-order valence-electron chi connectivity index (χ4n) is 2.50. The first-order valence-corrected chi connectivity index (χ1v) is 11.3. The van der Waals surface area contributed by atoms with Gasteiger partial charge in [0.2, 0.25) is 10.0 Å². The lowest BCUT2D eigenvalue weighted by Gasteiger charge is -2.20. The van der Waals surface area contributed by atoms with Crippen LogP contribution in [0.4, 0.5) is 5.69 Å². The van der Waals surface area contributed by atoms with Crippen molar-refractivity contribution in [2.45, 2.75) is 51.2 Å². The van der Waals surface area contributed by atoms with Crippen LogP contribution in [-0.4, -0.2) is 31.1 Å². The van der Waals surface area contributed by atoms with Crippen molar-refractivity contribution in [3.8, 4) is 5.75 Å². The first kappa shape index (κ1) is 23.8.